The van der Waals surface area contributed by atoms with Gasteiger partial charge in [0.15, 0.2) is 0 Å². The second kappa shape index (κ2) is 6.90. The Morgan fingerprint density at radius 1 is 1.20 bits per heavy atom. The monoisotopic (exact) mass is 350 g/mol. The molecular weight excluding hydrogens is 329 g/mol. The smallest absolute Gasteiger partial charge is 0.356 e. The van der Waals surface area contributed by atoms with Crippen LogP contribution in [0.3, 0.4) is 0 Å². The van der Waals surface area contributed by atoms with Gasteiger partial charge in [0.1, 0.15) is 17.5 Å². The second-order valence-electron chi connectivity index (χ2n) is 6.56. The highest BCUT2D eigenvalue weighted by molar-refractivity contribution is 5.60. The van der Waals surface area contributed by atoms with E-state index in [4.69, 9.17) is 0 Å². The lowest BCUT2D eigenvalue weighted by molar-refractivity contribution is -0.137. The first kappa shape index (κ1) is 17.5. The van der Waals surface area contributed by atoms with Crippen molar-refractivity contribution >= 4 is 17.3 Å². The number of aromatic nitrogens is 2. The molecular formula is C18H21F3N4. The molecule has 1 N–H and O–H groups in total. The van der Waals surface area contributed by atoms with Crippen molar-refractivity contribution in [1.82, 2.24) is 9.97 Å². The molecule has 25 heavy (non-hydrogen) atoms. The number of rotatable bonds is 3. The standard InChI is InChI=1S/C18H21F3N4/c1-12-5-4-8-25(11-12)17-10-16(22-13(2)23-17)24-15-7-3-6-14(9-15)18(19,20)21/h3,6-7,9-10,12H,4-5,8,11H2,1-2H3,(H,22,23,24). The minimum atomic E-state index is -4.37. The van der Waals surface area contributed by atoms with Crippen LogP contribution in [0.4, 0.5) is 30.5 Å². The zero-order valence-corrected chi connectivity index (χ0v) is 14.3. The number of nitrogens with zero attached hydrogens (tertiary/aromatic N) is 3. The van der Waals surface area contributed by atoms with Crippen molar-refractivity contribution in [2.75, 3.05) is 23.3 Å². The molecule has 1 saturated heterocycles. The number of alkyl halides is 3. The number of halogens is 3. The molecule has 7 heteroatoms. The summed E-state index contributed by atoms with van der Waals surface area (Å²) in [7, 11) is 0. The van der Waals surface area contributed by atoms with Crippen LogP contribution in [0.2, 0.25) is 0 Å². The summed E-state index contributed by atoms with van der Waals surface area (Å²) in [5, 5.41) is 2.97. The fourth-order valence-corrected chi connectivity index (χ4v) is 3.10. The topological polar surface area (TPSA) is 41.1 Å². The molecule has 3 rings (SSSR count). The van der Waals surface area contributed by atoms with Crippen LogP contribution in [0.5, 0.6) is 0 Å². The quantitative estimate of drug-likeness (QED) is 0.865. The number of aryl methyl sites for hydroxylation is 1. The van der Waals surface area contributed by atoms with E-state index < -0.39 is 11.7 Å². The Hall–Kier alpha value is -2.31. The van der Waals surface area contributed by atoms with Crippen LogP contribution < -0.4 is 10.2 Å². The van der Waals surface area contributed by atoms with E-state index in [0.717, 1.165) is 37.5 Å². The Morgan fingerprint density at radius 2 is 2.00 bits per heavy atom. The Morgan fingerprint density at radius 3 is 2.72 bits per heavy atom. The van der Waals surface area contributed by atoms with Crippen LogP contribution in [-0.2, 0) is 6.18 Å². The predicted molar refractivity (Wildman–Crippen MR) is 92.1 cm³/mol. The third-order valence-corrected chi connectivity index (χ3v) is 4.27. The summed E-state index contributed by atoms with van der Waals surface area (Å²) in [6.45, 7) is 5.86. The fourth-order valence-electron chi connectivity index (χ4n) is 3.10. The highest BCUT2D eigenvalue weighted by atomic mass is 19.4. The van der Waals surface area contributed by atoms with E-state index in [1.807, 2.05) is 0 Å². The van der Waals surface area contributed by atoms with Gasteiger partial charge >= 0.3 is 6.18 Å². The molecule has 0 saturated carbocycles. The maximum absolute atomic E-state index is 12.9. The molecule has 1 aromatic carbocycles. The van der Waals surface area contributed by atoms with E-state index in [0.29, 0.717) is 23.2 Å². The first-order valence-electron chi connectivity index (χ1n) is 8.36. The number of anilines is 3. The van der Waals surface area contributed by atoms with Crippen molar-refractivity contribution in [2.24, 2.45) is 5.92 Å². The summed E-state index contributed by atoms with van der Waals surface area (Å²) in [4.78, 5) is 11.0. The SMILES string of the molecule is Cc1nc(Nc2cccc(C(F)(F)F)c2)cc(N2CCCC(C)C2)n1. The van der Waals surface area contributed by atoms with Gasteiger partial charge < -0.3 is 10.2 Å². The van der Waals surface area contributed by atoms with Gasteiger partial charge in [0.25, 0.3) is 0 Å². The highest BCUT2D eigenvalue weighted by Crippen LogP contribution is 2.31. The van der Waals surface area contributed by atoms with Gasteiger partial charge in [0.05, 0.1) is 5.56 Å². The molecule has 0 bridgehead atoms. The zero-order valence-electron chi connectivity index (χ0n) is 14.3. The van der Waals surface area contributed by atoms with Crippen molar-refractivity contribution in [1.29, 1.82) is 0 Å². The summed E-state index contributed by atoms with van der Waals surface area (Å²) >= 11 is 0. The molecule has 1 unspecified atom stereocenters. The first-order chi connectivity index (χ1) is 11.8. The van der Waals surface area contributed by atoms with Gasteiger partial charge in [-0.1, -0.05) is 13.0 Å². The van der Waals surface area contributed by atoms with Gasteiger partial charge in [-0.25, -0.2) is 9.97 Å². The molecule has 1 atom stereocenters. The van der Waals surface area contributed by atoms with Crippen molar-refractivity contribution < 1.29 is 13.2 Å². The van der Waals surface area contributed by atoms with Crippen LogP contribution >= 0.6 is 0 Å². The Labute approximate surface area is 145 Å². The van der Waals surface area contributed by atoms with E-state index in [2.05, 4.69) is 27.1 Å². The van der Waals surface area contributed by atoms with Crippen LogP contribution in [-0.4, -0.2) is 23.1 Å². The van der Waals surface area contributed by atoms with Gasteiger partial charge in [0, 0.05) is 24.8 Å². The largest absolute Gasteiger partial charge is 0.416 e. The van der Waals surface area contributed by atoms with Gasteiger partial charge in [-0.05, 0) is 43.9 Å². The summed E-state index contributed by atoms with van der Waals surface area (Å²) in [6, 6.07) is 6.91. The molecule has 1 aromatic heterocycles. The van der Waals surface area contributed by atoms with E-state index in [1.165, 1.54) is 12.5 Å². The molecule has 1 aliphatic rings. The number of hydrogen-bond acceptors (Lipinski definition) is 4. The van der Waals surface area contributed by atoms with Crippen molar-refractivity contribution in [3.05, 3.63) is 41.7 Å². The molecule has 4 nitrogen and oxygen atoms in total. The number of piperidine rings is 1. The maximum Gasteiger partial charge on any atom is 0.416 e. The zero-order chi connectivity index (χ0) is 18.0. The van der Waals surface area contributed by atoms with Crippen molar-refractivity contribution in [3.8, 4) is 0 Å². The highest BCUT2D eigenvalue weighted by Gasteiger charge is 2.30. The van der Waals surface area contributed by atoms with Gasteiger partial charge in [-0.3, -0.25) is 0 Å². The maximum atomic E-state index is 12.9. The minimum Gasteiger partial charge on any atom is -0.356 e. The number of nitrogens with one attached hydrogen (secondary N) is 1. The van der Waals surface area contributed by atoms with Crippen molar-refractivity contribution in [3.63, 3.8) is 0 Å². The summed E-state index contributed by atoms with van der Waals surface area (Å²) in [5.41, 5.74) is -0.334. The van der Waals surface area contributed by atoms with Gasteiger partial charge in [0.2, 0.25) is 0 Å². The molecule has 2 aromatic rings. The summed E-state index contributed by atoms with van der Waals surface area (Å²) < 4.78 is 38.6. The number of hydrogen-bond donors (Lipinski definition) is 1. The lowest BCUT2D eigenvalue weighted by atomic mass is 10.0. The van der Waals surface area contributed by atoms with E-state index in [-0.39, 0.29) is 0 Å². The predicted octanol–water partition coefficient (Wildman–Crippen LogP) is 4.78. The van der Waals surface area contributed by atoms with E-state index in [1.54, 1.807) is 19.1 Å². The summed E-state index contributed by atoms with van der Waals surface area (Å²) in [6.07, 6.45) is -2.05. The van der Waals surface area contributed by atoms with Crippen molar-refractivity contribution in [2.45, 2.75) is 32.9 Å². The van der Waals surface area contributed by atoms with Gasteiger partial charge in [-0.2, -0.15) is 13.2 Å². The van der Waals surface area contributed by atoms with E-state index in [9.17, 15) is 13.2 Å². The Kier molecular flexibility index (Phi) is 4.83. The summed E-state index contributed by atoms with van der Waals surface area (Å²) in [5.74, 6) is 2.50. The molecule has 0 radical (unpaired) electrons. The lowest BCUT2D eigenvalue weighted by Gasteiger charge is -2.32. The molecule has 134 valence electrons. The first-order valence-corrected chi connectivity index (χ1v) is 8.36. The normalized spacial score (nSPS) is 18.3. The molecule has 0 spiro atoms. The van der Waals surface area contributed by atoms with Crippen LogP contribution in [0.15, 0.2) is 30.3 Å². The molecule has 0 aliphatic carbocycles. The average molecular weight is 350 g/mol. The molecule has 1 fully saturated rings. The second-order valence-corrected chi connectivity index (χ2v) is 6.56. The molecule has 1 aliphatic heterocycles. The fraction of sp³-hybridized carbons (Fsp3) is 0.444. The molecule has 2 heterocycles. The van der Waals surface area contributed by atoms with Crippen LogP contribution in [0.1, 0.15) is 31.2 Å². The number of benzene rings is 1. The third kappa shape index (κ3) is 4.41. The van der Waals surface area contributed by atoms with Gasteiger partial charge in [-0.15, -0.1) is 0 Å². The average Bonchev–Trinajstić information content (AvgIpc) is 2.54. The minimum absolute atomic E-state index is 0.353. The third-order valence-electron chi connectivity index (χ3n) is 4.27. The Bertz CT molecular complexity index is 745. The van der Waals surface area contributed by atoms with Crippen LogP contribution in [0.25, 0.3) is 0 Å². The van der Waals surface area contributed by atoms with Crippen LogP contribution in [0, 0.1) is 12.8 Å². The lowest BCUT2D eigenvalue weighted by Crippen LogP contribution is -2.35. The Balaban J connectivity index is 1.83. The molecule has 0 amide bonds. The van der Waals surface area contributed by atoms with E-state index >= 15 is 0 Å².